The third-order valence-corrected chi connectivity index (χ3v) is 4.95. The van der Waals surface area contributed by atoms with Gasteiger partial charge in [0.05, 0.1) is 17.8 Å². The normalized spacial score (nSPS) is 13.5. The Kier molecular flexibility index (Phi) is 5.54. The number of fused-ring (bicyclic) bond motifs is 1. The summed E-state index contributed by atoms with van der Waals surface area (Å²) in [6, 6.07) is 5.72. The molecule has 3 heterocycles. The summed E-state index contributed by atoms with van der Waals surface area (Å²) in [5.41, 5.74) is -0.154. The molecule has 0 atom stereocenters. The highest BCUT2D eigenvalue weighted by molar-refractivity contribution is 6.32. The number of aromatic nitrogens is 3. The summed E-state index contributed by atoms with van der Waals surface area (Å²) in [6.07, 6.45) is -2.50. The van der Waals surface area contributed by atoms with Crippen LogP contribution in [0.3, 0.4) is 0 Å². The Morgan fingerprint density at radius 1 is 1.24 bits per heavy atom. The quantitative estimate of drug-likeness (QED) is 0.577. The lowest BCUT2D eigenvalue weighted by Gasteiger charge is -2.15. The van der Waals surface area contributed by atoms with Gasteiger partial charge in [-0.05, 0) is 30.7 Å². The number of methoxy groups -OCH3 is 1. The van der Waals surface area contributed by atoms with Crippen molar-refractivity contribution in [2.45, 2.75) is 13.2 Å². The molecule has 3 aromatic rings. The molecule has 10 nitrogen and oxygen atoms in total. The molecule has 33 heavy (non-hydrogen) atoms. The van der Waals surface area contributed by atoms with Crippen LogP contribution in [0.1, 0.15) is 26.4 Å². The van der Waals surface area contributed by atoms with Crippen LogP contribution in [0.25, 0.3) is 5.82 Å². The Hall–Kier alpha value is -3.93. The minimum atomic E-state index is -3.96. The third kappa shape index (κ3) is 4.00. The average Bonchev–Trinajstić information content (AvgIpc) is 3.33. The number of benzene rings is 1. The number of halogens is 3. The van der Waals surface area contributed by atoms with Gasteiger partial charge in [-0.15, -0.1) is 13.9 Å². The maximum atomic E-state index is 13.7. The predicted octanol–water partition coefficient (Wildman–Crippen LogP) is 3.17. The summed E-state index contributed by atoms with van der Waals surface area (Å²) in [7, 11) is 2.67. The van der Waals surface area contributed by atoms with Gasteiger partial charge in [0.1, 0.15) is 11.3 Å². The van der Waals surface area contributed by atoms with E-state index < -0.39 is 23.9 Å². The summed E-state index contributed by atoms with van der Waals surface area (Å²) in [5.74, 6) is -2.10. The number of aryl methyl sites for hydroxylation is 1. The first kappa shape index (κ1) is 22.3. The number of carbonyl (C=O) groups is 2. The molecule has 2 amide bonds. The van der Waals surface area contributed by atoms with Gasteiger partial charge in [0.2, 0.25) is 5.88 Å². The number of hydrogen-bond donors (Lipinski definition) is 2. The van der Waals surface area contributed by atoms with Crippen LogP contribution in [0, 0.1) is 6.92 Å². The number of anilines is 1. The maximum absolute atomic E-state index is 13.7. The summed E-state index contributed by atoms with van der Waals surface area (Å²) >= 11 is 6.20. The first-order valence-electron chi connectivity index (χ1n) is 9.37. The Labute approximate surface area is 190 Å². The van der Waals surface area contributed by atoms with Gasteiger partial charge in [0, 0.05) is 19.3 Å². The Morgan fingerprint density at radius 2 is 2.00 bits per heavy atom. The number of rotatable bonds is 5. The van der Waals surface area contributed by atoms with Gasteiger partial charge in [-0.1, -0.05) is 11.6 Å². The summed E-state index contributed by atoms with van der Waals surface area (Å²) in [4.78, 5) is 29.9. The van der Waals surface area contributed by atoms with Gasteiger partial charge >= 0.3 is 6.29 Å². The van der Waals surface area contributed by atoms with Crippen molar-refractivity contribution in [3.63, 3.8) is 0 Å². The second-order valence-corrected chi connectivity index (χ2v) is 7.17. The van der Waals surface area contributed by atoms with Crippen LogP contribution in [0.15, 0.2) is 30.5 Å². The standard InChI is InChI=1S/C20H16ClF2N5O5/c1-9-7-12-16(33-20(22,23)32-12)14(19(30)24-2)15(9)26-18(29)11-8-13(31-3)27-28(11)17-10(21)5-4-6-25-17/h4-8H,1-3H3,(H,24,30)(H,26,29). The number of pyridine rings is 1. The molecular formula is C20H16ClF2N5O5. The van der Waals surface area contributed by atoms with Crippen molar-refractivity contribution in [1.29, 1.82) is 0 Å². The molecule has 172 valence electrons. The van der Waals surface area contributed by atoms with Crippen LogP contribution < -0.4 is 24.8 Å². The Morgan fingerprint density at radius 3 is 2.67 bits per heavy atom. The van der Waals surface area contributed by atoms with Crippen LogP contribution in [0.2, 0.25) is 5.02 Å². The highest BCUT2D eigenvalue weighted by Gasteiger charge is 2.46. The van der Waals surface area contributed by atoms with E-state index in [-0.39, 0.29) is 45.0 Å². The molecular weight excluding hydrogens is 464 g/mol. The topological polar surface area (TPSA) is 117 Å². The first-order valence-corrected chi connectivity index (χ1v) is 9.74. The largest absolute Gasteiger partial charge is 0.586 e. The molecule has 0 bridgehead atoms. The molecule has 2 N–H and O–H groups in total. The van der Waals surface area contributed by atoms with Crippen molar-refractivity contribution in [3.8, 4) is 23.2 Å². The van der Waals surface area contributed by atoms with E-state index in [1.54, 1.807) is 12.1 Å². The van der Waals surface area contributed by atoms with Gasteiger partial charge < -0.3 is 24.8 Å². The number of carbonyl (C=O) groups excluding carboxylic acids is 2. The minimum Gasteiger partial charge on any atom is -0.480 e. The highest BCUT2D eigenvalue weighted by atomic mass is 35.5. The third-order valence-electron chi connectivity index (χ3n) is 4.65. The zero-order valence-corrected chi connectivity index (χ0v) is 18.2. The molecule has 4 rings (SSSR count). The second kappa shape index (κ2) is 8.20. The van der Waals surface area contributed by atoms with Gasteiger partial charge in [-0.25, -0.2) is 9.67 Å². The number of ether oxygens (including phenoxy) is 3. The molecule has 2 aromatic heterocycles. The van der Waals surface area contributed by atoms with E-state index in [2.05, 4.69) is 30.2 Å². The number of amides is 2. The van der Waals surface area contributed by atoms with Crippen LogP contribution in [0.5, 0.6) is 17.4 Å². The number of nitrogens with zero attached hydrogens (tertiary/aromatic N) is 3. The molecule has 0 fully saturated rings. The van der Waals surface area contributed by atoms with Gasteiger partial charge in [0.15, 0.2) is 17.3 Å². The fourth-order valence-electron chi connectivity index (χ4n) is 3.21. The van der Waals surface area contributed by atoms with Crippen LogP contribution in [-0.4, -0.2) is 47.0 Å². The van der Waals surface area contributed by atoms with E-state index in [9.17, 15) is 18.4 Å². The summed E-state index contributed by atoms with van der Waals surface area (Å²) in [5, 5.41) is 9.28. The Balaban J connectivity index is 1.80. The van der Waals surface area contributed by atoms with Gasteiger partial charge in [-0.3, -0.25) is 9.59 Å². The van der Waals surface area contributed by atoms with Crippen LogP contribution in [-0.2, 0) is 0 Å². The molecule has 1 aliphatic rings. The average molecular weight is 480 g/mol. The fourth-order valence-corrected chi connectivity index (χ4v) is 3.41. The van der Waals surface area contributed by atoms with E-state index in [1.165, 1.54) is 39.4 Å². The zero-order chi connectivity index (χ0) is 23.9. The summed E-state index contributed by atoms with van der Waals surface area (Å²) in [6.45, 7) is 1.51. The first-order chi connectivity index (χ1) is 15.6. The molecule has 0 spiro atoms. The van der Waals surface area contributed by atoms with Crippen molar-refractivity contribution in [2.75, 3.05) is 19.5 Å². The zero-order valence-electron chi connectivity index (χ0n) is 17.4. The van der Waals surface area contributed by atoms with E-state index in [0.717, 1.165) is 4.68 Å². The van der Waals surface area contributed by atoms with Crippen LogP contribution >= 0.6 is 11.6 Å². The smallest absolute Gasteiger partial charge is 0.480 e. The second-order valence-electron chi connectivity index (χ2n) is 6.76. The van der Waals surface area contributed by atoms with Crippen molar-refractivity contribution in [3.05, 3.63) is 52.3 Å². The number of hydrogen-bond acceptors (Lipinski definition) is 7. The fraction of sp³-hybridized carbons (Fsp3) is 0.200. The number of nitrogens with one attached hydrogen (secondary N) is 2. The molecule has 0 radical (unpaired) electrons. The van der Waals surface area contributed by atoms with Gasteiger partial charge in [0.25, 0.3) is 11.8 Å². The molecule has 1 aliphatic heterocycles. The Bertz CT molecular complexity index is 1280. The predicted molar refractivity (Wildman–Crippen MR) is 112 cm³/mol. The summed E-state index contributed by atoms with van der Waals surface area (Å²) < 4.78 is 42.6. The van der Waals surface area contributed by atoms with E-state index in [1.807, 2.05) is 0 Å². The van der Waals surface area contributed by atoms with Crippen LogP contribution in [0.4, 0.5) is 14.5 Å². The van der Waals surface area contributed by atoms with Crippen molar-refractivity contribution in [1.82, 2.24) is 20.1 Å². The van der Waals surface area contributed by atoms with E-state index in [0.29, 0.717) is 0 Å². The molecule has 0 unspecified atom stereocenters. The maximum Gasteiger partial charge on any atom is 0.586 e. The highest BCUT2D eigenvalue weighted by Crippen LogP contribution is 2.47. The molecule has 0 saturated carbocycles. The van der Waals surface area contributed by atoms with E-state index in [4.69, 9.17) is 16.3 Å². The van der Waals surface area contributed by atoms with Gasteiger partial charge in [-0.2, -0.15) is 0 Å². The number of alkyl halides is 2. The monoisotopic (exact) mass is 479 g/mol. The molecule has 0 saturated heterocycles. The van der Waals surface area contributed by atoms with E-state index >= 15 is 0 Å². The lowest BCUT2D eigenvalue weighted by Crippen LogP contribution is -2.27. The lowest BCUT2D eigenvalue weighted by atomic mass is 10.0. The SMILES string of the molecule is CNC(=O)c1c(NC(=O)c2cc(OC)nn2-c2ncccc2Cl)c(C)cc2c1OC(F)(F)O2. The molecule has 13 heteroatoms. The molecule has 1 aromatic carbocycles. The minimum absolute atomic E-state index is 0.0438. The molecule has 0 aliphatic carbocycles. The van der Waals surface area contributed by atoms with Crippen molar-refractivity contribution in [2.24, 2.45) is 0 Å². The van der Waals surface area contributed by atoms with Crippen molar-refractivity contribution >= 4 is 29.1 Å². The lowest BCUT2D eigenvalue weighted by molar-refractivity contribution is -0.286. The van der Waals surface area contributed by atoms with Crippen molar-refractivity contribution < 1.29 is 32.6 Å².